The monoisotopic (exact) mass is 251 g/mol. The Morgan fingerprint density at radius 3 is 2.83 bits per heavy atom. The van der Waals surface area contributed by atoms with E-state index in [1.165, 1.54) is 12.1 Å². The first kappa shape index (κ1) is 12.8. The molecular weight excluding hydrogens is 233 g/mol. The number of halogens is 1. The van der Waals surface area contributed by atoms with Gasteiger partial charge in [0.15, 0.2) is 0 Å². The zero-order valence-corrected chi connectivity index (χ0v) is 10.2. The smallest absolute Gasteiger partial charge is 0.312 e. The van der Waals surface area contributed by atoms with Crippen molar-refractivity contribution in [1.29, 1.82) is 0 Å². The van der Waals surface area contributed by atoms with Crippen LogP contribution in [-0.2, 0) is 6.42 Å². The van der Waals surface area contributed by atoms with Crippen LogP contribution in [-0.4, -0.2) is 36.6 Å². The molecule has 1 aliphatic rings. The zero-order valence-electron chi connectivity index (χ0n) is 10.2. The molecule has 0 bridgehead atoms. The van der Waals surface area contributed by atoms with E-state index in [9.17, 15) is 9.18 Å². The number of urea groups is 1. The molecule has 1 aromatic carbocycles. The van der Waals surface area contributed by atoms with Crippen LogP contribution >= 0.6 is 0 Å². The first-order valence-corrected chi connectivity index (χ1v) is 6.16. The Balaban J connectivity index is 1.75. The lowest BCUT2D eigenvalue weighted by Crippen LogP contribution is -2.40. The molecule has 4 nitrogen and oxygen atoms in total. The Hall–Kier alpha value is -1.62. The number of nitrogens with two attached hydrogens (primary N) is 1. The summed E-state index contributed by atoms with van der Waals surface area (Å²) in [7, 11) is 0. The molecule has 1 heterocycles. The van der Waals surface area contributed by atoms with Gasteiger partial charge in [0, 0.05) is 25.7 Å². The number of nitrogens with zero attached hydrogens (tertiary/aromatic N) is 1. The number of amides is 2. The molecule has 1 aromatic rings. The predicted octanol–water partition coefficient (Wildman–Crippen LogP) is 1.11. The molecule has 5 heteroatoms. The van der Waals surface area contributed by atoms with Gasteiger partial charge in [-0.3, -0.25) is 0 Å². The van der Waals surface area contributed by atoms with Gasteiger partial charge in [0.25, 0.3) is 0 Å². The van der Waals surface area contributed by atoms with E-state index < -0.39 is 6.03 Å². The van der Waals surface area contributed by atoms with Gasteiger partial charge in [-0.25, -0.2) is 9.18 Å². The fourth-order valence-electron chi connectivity index (χ4n) is 2.29. The maximum absolute atomic E-state index is 12.7. The van der Waals surface area contributed by atoms with Gasteiger partial charge in [-0.15, -0.1) is 0 Å². The largest absolute Gasteiger partial charge is 0.352 e. The van der Waals surface area contributed by atoms with Crippen LogP contribution in [0.2, 0.25) is 0 Å². The van der Waals surface area contributed by atoms with Gasteiger partial charge in [0.05, 0.1) is 0 Å². The molecule has 1 saturated heterocycles. The average Bonchev–Trinajstić information content (AvgIpc) is 2.75. The standard InChI is InChI=1S/C13H18FN3O/c14-11-3-1-10(2-4-11)5-7-17-8-6-12(9-17)16-13(15)18/h1-4,12H,5-9H2,(H3,15,16,18)/t12-/m0/s1. The fraction of sp³-hybridized carbons (Fsp3) is 0.462. The van der Waals surface area contributed by atoms with Gasteiger partial charge in [-0.1, -0.05) is 12.1 Å². The van der Waals surface area contributed by atoms with E-state index in [1.54, 1.807) is 0 Å². The summed E-state index contributed by atoms with van der Waals surface area (Å²) in [6.07, 6.45) is 1.83. The number of carbonyl (C=O) groups excluding carboxylic acids is 1. The van der Waals surface area contributed by atoms with Crippen LogP contribution in [0.5, 0.6) is 0 Å². The summed E-state index contributed by atoms with van der Waals surface area (Å²) < 4.78 is 12.7. The Bertz CT molecular complexity index is 407. The third kappa shape index (κ3) is 3.70. The number of hydrogen-bond acceptors (Lipinski definition) is 2. The second-order valence-corrected chi connectivity index (χ2v) is 4.67. The second-order valence-electron chi connectivity index (χ2n) is 4.67. The Morgan fingerprint density at radius 2 is 2.17 bits per heavy atom. The highest BCUT2D eigenvalue weighted by Crippen LogP contribution is 2.11. The first-order valence-electron chi connectivity index (χ1n) is 6.16. The summed E-state index contributed by atoms with van der Waals surface area (Å²) in [5.74, 6) is -0.203. The van der Waals surface area contributed by atoms with E-state index in [2.05, 4.69) is 10.2 Å². The maximum Gasteiger partial charge on any atom is 0.312 e. The van der Waals surface area contributed by atoms with Crippen LogP contribution in [0.15, 0.2) is 24.3 Å². The van der Waals surface area contributed by atoms with E-state index >= 15 is 0 Å². The van der Waals surface area contributed by atoms with Crippen molar-refractivity contribution in [3.63, 3.8) is 0 Å². The molecule has 3 N–H and O–H groups in total. The lowest BCUT2D eigenvalue weighted by atomic mass is 10.1. The fourth-order valence-corrected chi connectivity index (χ4v) is 2.29. The molecule has 0 radical (unpaired) electrons. The number of likely N-dealkylation sites (tertiary alicyclic amines) is 1. The highest BCUT2D eigenvalue weighted by atomic mass is 19.1. The summed E-state index contributed by atoms with van der Waals surface area (Å²) in [6, 6.07) is 6.29. The molecule has 0 aliphatic carbocycles. The number of rotatable bonds is 4. The summed E-state index contributed by atoms with van der Waals surface area (Å²) in [5.41, 5.74) is 6.22. The Labute approximate surface area is 106 Å². The number of hydrogen-bond donors (Lipinski definition) is 2. The normalized spacial score (nSPS) is 19.9. The zero-order chi connectivity index (χ0) is 13.0. The molecule has 1 fully saturated rings. The van der Waals surface area contributed by atoms with E-state index in [0.717, 1.165) is 38.0 Å². The molecule has 0 spiro atoms. The first-order chi connectivity index (χ1) is 8.63. The van der Waals surface area contributed by atoms with Gasteiger partial charge < -0.3 is 16.0 Å². The van der Waals surface area contributed by atoms with E-state index in [1.807, 2.05) is 12.1 Å². The molecule has 0 saturated carbocycles. The summed E-state index contributed by atoms with van der Waals surface area (Å²) in [5, 5.41) is 2.72. The number of carbonyl (C=O) groups is 1. The quantitative estimate of drug-likeness (QED) is 0.842. The molecule has 0 aromatic heterocycles. The minimum absolute atomic E-state index is 0.163. The molecule has 2 rings (SSSR count). The molecule has 98 valence electrons. The van der Waals surface area contributed by atoms with E-state index in [4.69, 9.17) is 5.73 Å². The van der Waals surface area contributed by atoms with Gasteiger partial charge >= 0.3 is 6.03 Å². The number of primary amides is 1. The highest BCUT2D eigenvalue weighted by Gasteiger charge is 2.22. The molecule has 18 heavy (non-hydrogen) atoms. The van der Waals surface area contributed by atoms with Crippen molar-refractivity contribution in [2.75, 3.05) is 19.6 Å². The van der Waals surface area contributed by atoms with Crippen molar-refractivity contribution in [2.45, 2.75) is 18.9 Å². The number of benzene rings is 1. The van der Waals surface area contributed by atoms with Crippen molar-refractivity contribution in [3.05, 3.63) is 35.6 Å². The van der Waals surface area contributed by atoms with E-state index in [0.29, 0.717) is 0 Å². The van der Waals surface area contributed by atoms with Gasteiger partial charge in [0.1, 0.15) is 5.82 Å². The third-order valence-electron chi connectivity index (χ3n) is 3.25. The maximum atomic E-state index is 12.7. The van der Waals surface area contributed by atoms with Crippen LogP contribution in [0.1, 0.15) is 12.0 Å². The molecule has 1 atom stereocenters. The Morgan fingerprint density at radius 1 is 1.44 bits per heavy atom. The summed E-state index contributed by atoms with van der Waals surface area (Å²) in [6.45, 7) is 2.72. The predicted molar refractivity (Wildman–Crippen MR) is 67.7 cm³/mol. The van der Waals surface area contributed by atoms with Crippen LogP contribution in [0.25, 0.3) is 0 Å². The molecule has 0 unspecified atom stereocenters. The topological polar surface area (TPSA) is 58.4 Å². The molecular formula is C13H18FN3O. The SMILES string of the molecule is NC(=O)N[C@H]1CCN(CCc2ccc(F)cc2)C1. The van der Waals surface area contributed by atoms with Gasteiger partial charge in [-0.2, -0.15) is 0 Å². The van der Waals surface area contributed by atoms with Crippen molar-refractivity contribution in [1.82, 2.24) is 10.2 Å². The lowest BCUT2D eigenvalue weighted by molar-refractivity contribution is 0.244. The van der Waals surface area contributed by atoms with Crippen LogP contribution in [0.4, 0.5) is 9.18 Å². The van der Waals surface area contributed by atoms with Crippen LogP contribution in [0, 0.1) is 5.82 Å². The van der Waals surface area contributed by atoms with Gasteiger partial charge in [0.2, 0.25) is 0 Å². The van der Waals surface area contributed by atoms with Crippen molar-refractivity contribution < 1.29 is 9.18 Å². The lowest BCUT2D eigenvalue weighted by Gasteiger charge is -2.16. The summed E-state index contributed by atoms with van der Waals surface area (Å²) in [4.78, 5) is 13.0. The summed E-state index contributed by atoms with van der Waals surface area (Å²) >= 11 is 0. The molecule has 1 aliphatic heterocycles. The second kappa shape index (κ2) is 5.82. The van der Waals surface area contributed by atoms with Crippen LogP contribution < -0.4 is 11.1 Å². The van der Waals surface area contributed by atoms with Crippen molar-refractivity contribution in [3.8, 4) is 0 Å². The molecule has 2 amide bonds. The average molecular weight is 251 g/mol. The highest BCUT2D eigenvalue weighted by molar-refractivity contribution is 5.72. The van der Waals surface area contributed by atoms with Crippen molar-refractivity contribution in [2.24, 2.45) is 5.73 Å². The minimum Gasteiger partial charge on any atom is -0.352 e. The number of nitrogens with one attached hydrogen (secondary N) is 1. The Kier molecular flexibility index (Phi) is 4.15. The van der Waals surface area contributed by atoms with Gasteiger partial charge in [-0.05, 0) is 30.5 Å². The van der Waals surface area contributed by atoms with E-state index in [-0.39, 0.29) is 11.9 Å². The van der Waals surface area contributed by atoms with Crippen LogP contribution in [0.3, 0.4) is 0 Å². The van der Waals surface area contributed by atoms with Crippen molar-refractivity contribution >= 4 is 6.03 Å². The minimum atomic E-state index is -0.458. The third-order valence-corrected chi connectivity index (χ3v) is 3.25.